The van der Waals surface area contributed by atoms with E-state index in [4.69, 9.17) is 13.9 Å². The zero-order valence-electron chi connectivity index (χ0n) is 18.7. The Morgan fingerprint density at radius 2 is 1.74 bits per heavy atom. The highest BCUT2D eigenvalue weighted by molar-refractivity contribution is 6.01. The van der Waals surface area contributed by atoms with E-state index in [2.05, 4.69) is 5.32 Å². The maximum absolute atomic E-state index is 12.2. The third-order valence-electron chi connectivity index (χ3n) is 4.54. The Balaban J connectivity index is 1.53. The second kappa shape index (κ2) is 12.5. The zero-order valence-corrected chi connectivity index (χ0v) is 18.7. The number of nitrogens with zero attached hydrogens (tertiary/aromatic N) is 1. The summed E-state index contributed by atoms with van der Waals surface area (Å²) in [5.41, 5.74) is 1.41. The van der Waals surface area contributed by atoms with E-state index in [0.29, 0.717) is 23.7 Å². The van der Waals surface area contributed by atoms with Crippen LogP contribution in [0.1, 0.15) is 30.2 Å². The highest BCUT2D eigenvalue weighted by Crippen LogP contribution is 2.16. The minimum Gasteiger partial charge on any atom is -0.494 e. The summed E-state index contributed by atoms with van der Waals surface area (Å²) in [4.78, 5) is 24.3. The first kappa shape index (κ1) is 24.1. The predicted octanol–water partition coefficient (Wildman–Crippen LogP) is 4.91. The third-order valence-corrected chi connectivity index (χ3v) is 4.54. The molecule has 0 saturated carbocycles. The molecule has 172 valence electrons. The first-order valence-electron chi connectivity index (χ1n) is 10.7. The van der Waals surface area contributed by atoms with Gasteiger partial charge in [-0.25, -0.2) is 4.79 Å². The van der Waals surface area contributed by atoms with Crippen molar-refractivity contribution in [1.82, 2.24) is 5.32 Å². The second-order valence-electron chi connectivity index (χ2n) is 7.17. The van der Waals surface area contributed by atoms with Crippen LogP contribution in [0.4, 0.5) is 0 Å². The van der Waals surface area contributed by atoms with Crippen molar-refractivity contribution in [2.75, 3.05) is 6.61 Å². The van der Waals surface area contributed by atoms with E-state index < -0.39 is 11.9 Å². The molecule has 0 fully saturated rings. The zero-order chi connectivity index (χ0) is 24.2. The van der Waals surface area contributed by atoms with Gasteiger partial charge in [0.05, 0.1) is 19.4 Å². The van der Waals surface area contributed by atoms with Crippen LogP contribution in [0.25, 0.3) is 12.2 Å². The molecule has 7 nitrogen and oxygen atoms in total. The van der Waals surface area contributed by atoms with Crippen molar-refractivity contribution >= 4 is 24.0 Å². The van der Waals surface area contributed by atoms with Gasteiger partial charge in [0.25, 0.3) is 5.91 Å². The molecule has 0 atom stereocenters. The first-order chi connectivity index (χ1) is 16.6. The van der Waals surface area contributed by atoms with E-state index in [0.717, 1.165) is 17.7 Å². The Hall–Kier alpha value is -4.57. The standard InChI is InChI=1S/C27H24N2O5/c1-2-15-32-23-10-5-20(6-11-23)9-14-26(30)34-24-12-7-21(8-13-24)17-22(18-28)27(31)29-19-25-4-3-16-33-25/h3-14,16-17H,2,15,19H2,1H3,(H,29,31)/b14-9+,22-17+. The molecular formula is C27H24N2O5. The average molecular weight is 456 g/mol. The summed E-state index contributed by atoms with van der Waals surface area (Å²) in [7, 11) is 0. The quantitative estimate of drug-likeness (QED) is 0.201. The van der Waals surface area contributed by atoms with Crippen LogP contribution in [-0.2, 0) is 16.1 Å². The Kier molecular flexibility index (Phi) is 8.83. The Bertz CT molecular complexity index is 1190. The molecule has 1 amide bonds. The molecule has 0 aliphatic carbocycles. The molecule has 7 heteroatoms. The lowest BCUT2D eigenvalue weighted by molar-refractivity contribution is -0.128. The van der Waals surface area contributed by atoms with Crippen molar-refractivity contribution in [1.29, 1.82) is 5.26 Å². The van der Waals surface area contributed by atoms with Gasteiger partial charge >= 0.3 is 5.97 Å². The molecule has 1 aromatic heterocycles. The van der Waals surface area contributed by atoms with Crippen molar-refractivity contribution in [3.63, 3.8) is 0 Å². The van der Waals surface area contributed by atoms with Crippen LogP contribution in [0.5, 0.6) is 11.5 Å². The maximum atomic E-state index is 12.2. The van der Waals surface area contributed by atoms with Crippen LogP contribution >= 0.6 is 0 Å². The molecule has 2 aromatic carbocycles. The highest BCUT2D eigenvalue weighted by Gasteiger charge is 2.10. The molecule has 1 N–H and O–H groups in total. The van der Waals surface area contributed by atoms with Gasteiger partial charge < -0.3 is 19.2 Å². The number of amides is 1. The average Bonchev–Trinajstić information content (AvgIpc) is 3.39. The summed E-state index contributed by atoms with van der Waals surface area (Å²) in [5.74, 6) is 0.680. The number of ether oxygens (including phenoxy) is 2. The summed E-state index contributed by atoms with van der Waals surface area (Å²) in [6.07, 6.45) is 6.90. The summed E-state index contributed by atoms with van der Waals surface area (Å²) >= 11 is 0. The molecule has 0 unspecified atom stereocenters. The van der Waals surface area contributed by atoms with Gasteiger partial charge in [-0.1, -0.05) is 31.2 Å². The Morgan fingerprint density at radius 1 is 1.03 bits per heavy atom. The molecule has 3 aromatic rings. The summed E-state index contributed by atoms with van der Waals surface area (Å²) in [6.45, 7) is 2.89. The topological polar surface area (TPSA) is 102 Å². The van der Waals surface area contributed by atoms with Gasteiger partial charge in [-0.15, -0.1) is 0 Å². The Morgan fingerprint density at radius 3 is 2.38 bits per heavy atom. The van der Waals surface area contributed by atoms with Crippen LogP contribution in [0.15, 0.2) is 83.0 Å². The number of furan rings is 1. The fraction of sp³-hybridized carbons (Fsp3) is 0.148. The highest BCUT2D eigenvalue weighted by atomic mass is 16.5. The number of rotatable bonds is 10. The van der Waals surface area contributed by atoms with Gasteiger partial charge in [0.2, 0.25) is 0 Å². The van der Waals surface area contributed by atoms with Gasteiger partial charge in [0.15, 0.2) is 0 Å². The minimum absolute atomic E-state index is 0.0506. The molecule has 0 saturated heterocycles. The van der Waals surface area contributed by atoms with Crippen molar-refractivity contribution in [2.45, 2.75) is 19.9 Å². The molecule has 0 radical (unpaired) electrons. The van der Waals surface area contributed by atoms with Crippen LogP contribution in [0, 0.1) is 11.3 Å². The second-order valence-corrected chi connectivity index (χ2v) is 7.17. The normalized spacial score (nSPS) is 11.1. The third kappa shape index (κ3) is 7.53. The smallest absolute Gasteiger partial charge is 0.336 e. The molecule has 3 rings (SSSR count). The van der Waals surface area contributed by atoms with Gasteiger partial charge in [-0.05, 0) is 66.1 Å². The van der Waals surface area contributed by atoms with Gasteiger partial charge in [0.1, 0.15) is 28.9 Å². The summed E-state index contributed by atoms with van der Waals surface area (Å²) in [5, 5.41) is 11.9. The predicted molar refractivity (Wildman–Crippen MR) is 127 cm³/mol. The van der Waals surface area contributed by atoms with Crippen LogP contribution in [0.2, 0.25) is 0 Å². The van der Waals surface area contributed by atoms with Crippen molar-refractivity contribution < 1.29 is 23.5 Å². The largest absolute Gasteiger partial charge is 0.494 e. The lowest BCUT2D eigenvalue weighted by Gasteiger charge is -2.04. The lowest BCUT2D eigenvalue weighted by Crippen LogP contribution is -2.23. The van der Waals surface area contributed by atoms with E-state index in [1.807, 2.05) is 37.3 Å². The number of hydrogen-bond acceptors (Lipinski definition) is 6. The number of hydrogen-bond donors (Lipinski definition) is 1. The molecule has 0 spiro atoms. The number of nitrogens with one attached hydrogen (secondary N) is 1. The van der Waals surface area contributed by atoms with Crippen LogP contribution in [0.3, 0.4) is 0 Å². The molecule has 0 bridgehead atoms. The number of nitriles is 1. The van der Waals surface area contributed by atoms with Crippen molar-refractivity contribution in [2.24, 2.45) is 0 Å². The van der Waals surface area contributed by atoms with Gasteiger partial charge in [-0.3, -0.25) is 4.79 Å². The van der Waals surface area contributed by atoms with E-state index >= 15 is 0 Å². The number of carbonyl (C=O) groups excluding carboxylic acids is 2. The van der Waals surface area contributed by atoms with Gasteiger partial charge in [-0.2, -0.15) is 5.26 Å². The van der Waals surface area contributed by atoms with E-state index in [1.165, 1.54) is 18.4 Å². The monoisotopic (exact) mass is 456 g/mol. The Labute approximate surface area is 197 Å². The minimum atomic E-state index is -0.524. The molecule has 1 heterocycles. The molecule has 0 aliphatic rings. The molecule has 0 aliphatic heterocycles. The van der Waals surface area contributed by atoms with Crippen molar-refractivity contribution in [3.05, 3.63) is 95.5 Å². The van der Waals surface area contributed by atoms with Crippen LogP contribution in [-0.4, -0.2) is 18.5 Å². The number of carbonyl (C=O) groups is 2. The van der Waals surface area contributed by atoms with Crippen LogP contribution < -0.4 is 14.8 Å². The van der Waals surface area contributed by atoms with E-state index in [-0.39, 0.29) is 12.1 Å². The number of benzene rings is 2. The summed E-state index contributed by atoms with van der Waals surface area (Å²) in [6, 6.07) is 19.2. The van der Waals surface area contributed by atoms with E-state index in [9.17, 15) is 14.9 Å². The number of esters is 1. The fourth-order valence-electron chi connectivity index (χ4n) is 2.83. The first-order valence-corrected chi connectivity index (χ1v) is 10.7. The maximum Gasteiger partial charge on any atom is 0.336 e. The van der Waals surface area contributed by atoms with E-state index in [1.54, 1.807) is 42.5 Å². The van der Waals surface area contributed by atoms with Crippen molar-refractivity contribution in [3.8, 4) is 17.6 Å². The fourth-order valence-corrected chi connectivity index (χ4v) is 2.83. The lowest BCUT2D eigenvalue weighted by atomic mass is 10.1. The summed E-state index contributed by atoms with van der Waals surface area (Å²) < 4.78 is 16.0. The molecular weight excluding hydrogens is 432 g/mol. The van der Waals surface area contributed by atoms with Gasteiger partial charge in [0, 0.05) is 6.08 Å². The SMILES string of the molecule is CCCOc1ccc(/C=C/C(=O)Oc2ccc(/C=C(\C#N)C(=O)NCc3ccco3)cc2)cc1. The molecule has 34 heavy (non-hydrogen) atoms.